The van der Waals surface area contributed by atoms with E-state index in [1.54, 1.807) is 21.3 Å². The van der Waals surface area contributed by atoms with Crippen LogP contribution in [0.15, 0.2) is 71.3 Å². The molecule has 0 radical (unpaired) electrons. The zero-order chi connectivity index (χ0) is 21.6. The number of ether oxygens (including phenoxy) is 4. The molecule has 158 valence electrons. The standard InChI is InChI=1S/C24H22N2O5/c1-27-19-12-16(13-20(14-19)28-2)15-30-18-10-8-17(9-11-18)23-25-24(31-26-23)21-6-4-5-7-22(21)29-3/h4-14H,15H2,1-3H3. The maximum atomic E-state index is 5.89. The summed E-state index contributed by atoms with van der Waals surface area (Å²) >= 11 is 0. The average Bonchev–Trinajstić information content (AvgIpc) is 3.33. The Hall–Kier alpha value is -4.00. The largest absolute Gasteiger partial charge is 0.497 e. The molecule has 31 heavy (non-hydrogen) atoms. The molecule has 4 aromatic rings. The van der Waals surface area contributed by atoms with E-state index in [1.165, 1.54) is 0 Å². The van der Waals surface area contributed by atoms with Gasteiger partial charge in [-0.05, 0) is 54.1 Å². The van der Waals surface area contributed by atoms with Crippen LogP contribution >= 0.6 is 0 Å². The van der Waals surface area contributed by atoms with Crippen molar-refractivity contribution < 1.29 is 23.5 Å². The maximum Gasteiger partial charge on any atom is 0.262 e. The molecule has 7 heteroatoms. The minimum Gasteiger partial charge on any atom is -0.497 e. The minimum absolute atomic E-state index is 0.382. The lowest BCUT2D eigenvalue weighted by Crippen LogP contribution is -1.97. The van der Waals surface area contributed by atoms with Crippen LogP contribution in [0.2, 0.25) is 0 Å². The van der Waals surface area contributed by atoms with Gasteiger partial charge >= 0.3 is 0 Å². The third kappa shape index (κ3) is 4.61. The second-order valence-corrected chi connectivity index (χ2v) is 6.66. The molecule has 0 unspecified atom stereocenters. The molecule has 0 saturated carbocycles. The van der Waals surface area contributed by atoms with Crippen LogP contribution in [0.1, 0.15) is 5.56 Å². The van der Waals surface area contributed by atoms with Crippen molar-refractivity contribution in [1.29, 1.82) is 0 Å². The highest BCUT2D eigenvalue weighted by Gasteiger charge is 2.14. The summed E-state index contributed by atoms with van der Waals surface area (Å²) in [5, 5.41) is 4.09. The molecular weight excluding hydrogens is 396 g/mol. The number of hydrogen-bond donors (Lipinski definition) is 0. The summed E-state index contributed by atoms with van der Waals surface area (Å²) in [5.74, 6) is 3.73. The summed E-state index contributed by atoms with van der Waals surface area (Å²) in [6, 6.07) is 20.7. The van der Waals surface area contributed by atoms with Crippen molar-refractivity contribution in [3.8, 4) is 45.8 Å². The van der Waals surface area contributed by atoms with E-state index < -0.39 is 0 Å². The van der Waals surface area contributed by atoms with Crippen LogP contribution in [0, 0.1) is 0 Å². The van der Waals surface area contributed by atoms with Gasteiger partial charge in [-0.1, -0.05) is 17.3 Å². The van der Waals surface area contributed by atoms with Crippen LogP contribution in [-0.4, -0.2) is 31.5 Å². The Morgan fingerprint density at radius 1 is 0.774 bits per heavy atom. The lowest BCUT2D eigenvalue weighted by Gasteiger charge is -2.10. The summed E-state index contributed by atoms with van der Waals surface area (Å²) in [6.45, 7) is 0.382. The van der Waals surface area contributed by atoms with Gasteiger partial charge in [-0.3, -0.25) is 0 Å². The lowest BCUT2D eigenvalue weighted by atomic mass is 10.2. The fraction of sp³-hybridized carbons (Fsp3) is 0.167. The summed E-state index contributed by atoms with van der Waals surface area (Å²) < 4.78 is 27.3. The van der Waals surface area contributed by atoms with Crippen LogP contribution in [0.3, 0.4) is 0 Å². The van der Waals surface area contributed by atoms with Gasteiger partial charge in [0.25, 0.3) is 5.89 Å². The van der Waals surface area contributed by atoms with Gasteiger partial charge in [0, 0.05) is 11.6 Å². The lowest BCUT2D eigenvalue weighted by molar-refractivity contribution is 0.304. The second kappa shape index (κ2) is 9.21. The number of hydrogen-bond acceptors (Lipinski definition) is 7. The molecule has 0 atom stereocenters. The van der Waals surface area contributed by atoms with Crippen LogP contribution in [-0.2, 0) is 6.61 Å². The molecule has 3 aromatic carbocycles. The molecule has 4 rings (SSSR count). The highest BCUT2D eigenvalue weighted by atomic mass is 16.5. The Labute approximate surface area is 180 Å². The van der Waals surface area contributed by atoms with Gasteiger partial charge in [0.1, 0.15) is 29.6 Å². The molecule has 0 saturated heterocycles. The molecule has 1 heterocycles. The molecular formula is C24H22N2O5. The van der Waals surface area contributed by atoms with Gasteiger partial charge in [-0.15, -0.1) is 0 Å². The van der Waals surface area contributed by atoms with Crippen molar-refractivity contribution >= 4 is 0 Å². The SMILES string of the molecule is COc1cc(COc2ccc(-c3noc(-c4ccccc4OC)n3)cc2)cc(OC)c1. The van der Waals surface area contributed by atoms with Crippen molar-refractivity contribution in [1.82, 2.24) is 10.1 Å². The summed E-state index contributed by atoms with van der Waals surface area (Å²) in [4.78, 5) is 4.49. The Morgan fingerprint density at radius 3 is 2.16 bits per heavy atom. The number of rotatable bonds is 8. The van der Waals surface area contributed by atoms with Crippen LogP contribution in [0.25, 0.3) is 22.8 Å². The van der Waals surface area contributed by atoms with E-state index in [2.05, 4.69) is 10.1 Å². The molecule has 0 aliphatic rings. The zero-order valence-electron chi connectivity index (χ0n) is 17.5. The summed E-state index contributed by atoms with van der Waals surface area (Å²) in [6.07, 6.45) is 0. The van der Waals surface area contributed by atoms with E-state index in [-0.39, 0.29) is 0 Å². The molecule has 0 fully saturated rings. The fourth-order valence-corrected chi connectivity index (χ4v) is 3.09. The Balaban J connectivity index is 1.46. The van der Waals surface area contributed by atoms with Crippen molar-refractivity contribution in [3.63, 3.8) is 0 Å². The van der Waals surface area contributed by atoms with Gasteiger partial charge < -0.3 is 23.5 Å². The van der Waals surface area contributed by atoms with Gasteiger partial charge in [0.05, 0.1) is 26.9 Å². The number of para-hydroxylation sites is 1. The molecule has 0 bridgehead atoms. The molecule has 0 N–H and O–H groups in total. The summed E-state index contributed by atoms with van der Waals surface area (Å²) in [5.41, 5.74) is 2.51. The van der Waals surface area contributed by atoms with Crippen molar-refractivity contribution in [2.45, 2.75) is 6.61 Å². The number of benzene rings is 3. The average molecular weight is 418 g/mol. The smallest absolute Gasteiger partial charge is 0.262 e. The predicted octanol–water partition coefficient (Wildman–Crippen LogP) is 5.01. The quantitative estimate of drug-likeness (QED) is 0.398. The Morgan fingerprint density at radius 2 is 1.48 bits per heavy atom. The highest BCUT2D eigenvalue weighted by molar-refractivity contribution is 5.65. The van der Waals surface area contributed by atoms with Gasteiger partial charge in [-0.25, -0.2) is 0 Å². The molecule has 7 nitrogen and oxygen atoms in total. The Kier molecular flexibility index (Phi) is 6.03. The first-order valence-corrected chi connectivity index (χ1v) is 9.62. The van der Waals surface area contributed by atoms with E-state index in [0.717, 1.165) is 33.9 Å². The van der Waals surface area contributed by atoms with Crippen molar-refractivity contribution in [2.24, 2.45) is 0 Å². The highest BCUT2D eigenvalue weighted by Crippen LogP contribution is 2.30. The molecule has 0 amide bonds. The van der Waals surface area contributed by atoms with E-state index >= 15 is 0 Å². The first-order valence-electron chi connectivity index (χ1n) is 9.62. The predicted molar refractivity (Wildman–Crippen MR) is 116 cm³/mol. The maximum absolute atomic E-state index is 5.89. The van der Waals surface area contributed by atoms with Crippen LogP contribution in [0.5, 0.6) is 23.0 Å². The first kappa shape index (κ1) is 20.3. The Bertz CT molecular complexity index is 1130. The molecule has 0 aliphatic carbocycles. The molecule has 0 spiro atoms. The number of nitrogens with zero attached hydrogens (tertiary/aromatic N) is 2. The first-order chi connectivity index (χ1) is 15.2. The van der Waals surface area contributed by atoms with Crippen molar-refractivity contribution in [3.05, 3.63) is 72.3 Å². The van der Waals surface area contributed by atoms with E-state index in [4.69, 9.17) is 23.5 Å². The van der Waals surface area contributed by atoms with Gasteiger partial charge in [0.2, 0.25) is 5.82 Å². The minimum atomic E-state index is 0.382. The van der Waals surface area contributed by atoms with Crippen LogP contribution in [0.4, 0.5) is 0 Å². The summed E-state index contributed by atoms with van der Waals surface area (Å²) in [7, 11) is 4.85. The monoisotopic (exact) mass is 418 g/mol. The molecule has 0 aliphatic heterocycles. The third-order valence-electron chi connectivity index (χ3n) is 4.69. The van der Waals surface area contributed by atoms with Crippen LogP contribution < -0.4 is 18.9 Å². The fourth-order valence-electron chi connectivity index (χ4n) is 3.09. The van der Waals surface area contributed by atoms with E-state index in [9.17, 15) is 0 Å². The normalized spacial score (nSPS) is 10.5. The topological polar surface area (TPSA) is 75.8 Å². The van der Waals surface area contributed by atoms with Gasteiger partial charge in [0.15, 0.2) is 0 Å². The van der Waals surface area contributed by atoms with E-state index in [1.807, 2.05) is 66.7 Å². The third-order valence-corrected chi connectivity index (χ3v) is 4.69. The van der Waals surface area contributed by atoms with Gasteiger partial charge in [-0.2, -0.15) is 4.98 Å². The number of methoxy groups -OCH3 is 3. The second-order valence-electron chi connectivity index (χ2n) is 6.66. The van der Waals surface area contributed by atoms with E-state index in [0.29, 0.717) is 24.1 Å². The van der Waals surface area contributed by atoms with Crippen molar-refractivity contribution in [2.75, 3.05) is 21.3 Å². The number of aromatic nitrogens is 2. The molecule has 1 aromatic heterocycles. The zero-order valence-corrected chi connectivity index (χ0v) is 17.5.